The van der Waals surface area contributed by atoms with Crippen molar-refractivity contribution in [1.29, 1.82) is 0 Å². The minimum atomic E-state index is -4.96. The molecule has 1 saturated heterocycles. The average molecular weight is 285 g/mol. The zero-order valence-corrected chi connectivity index (χ0v) is 9.74. The van der Waals surface area contributed by atoms with Crippen molar-refractivity contribution in [3.8, 4) is 0 Å². The Kier molecular flexibility index (Phi) is 5.05. The van der Waals surface area contributed by atoms with Gasteiger partial charge >= 0.3 is 7.82 Å². The van der Waals surface area contributed by atoms with Crippen LogP contribution in [0.15, 0.2) is 5.11 Å². The predicted octanol–water partition coefficient (Wildman–Crippen LogP) is -1.79. The molecule has 1 heterocycles. The highest BCUT2D eigenvalue weighted by Gasteiger charge is 2.46. The lowest BCUT2D eigenvalue weighted by Gasteiger charge is -2.39. The van der Waals surface area contributed by atoms with E-state index in [4.69, 9.17) is 25.2 Å². The normalized spacial score (nSPS) is 37.1. The fraction of sp³-hybridized carbons (Fsp3) is 1.00. The lowest BCUT2D eigenvalue weighted by atomic mass is 9.98. The largest absolute Gasteiger partial charge is 0.471 e. The molecule has 0 amide bonds. The smallest absolute Gasteiger partial charge is 0.394 e. The molecule has 0 radical (unpaired) electrons. The van der Waals surface area contributed by atoms with E-state index in [0.29, 0.717) is 0 Å². The Bertz CT molecular complexity index is 381. The van der Waals surface area contributed by atoms with Gasteiger partial charge in [-0.05, 0) is 5.53 Å². The summed E-state index contributed by atoms with van der Waals surface area (Å²) in [4.78, 5) is 19.6. The summed E-state index contributed by atoms with van der Waals surface area (Å²) in [6.07, 6.45) is -6.37. The number of phosphoric acid groups is 1. The van der Waals surface area contributed by atoms with Crippen LogP contribution in [-0.2, 0) is 13.8 Å². The standard InChI is InChI=1S/C6H12N3O8P/c7-9-8-3-5(12)4(11)2(1-10)16-6(3)17-18(13,14)15/h2-6,10-12H,1H2,(H2,13,14,15)/t2-,3-,4-,5-,6-/m1/s1. The van der Waals surface area contributed by atoms with E-state index < -0.39 is 45.1 Å². The van der Waals surface area contributed by atoms with E-state index in [1.807, 2.05) is 0 Å². The quantitative estimate of drug-likeness (QED) is 0.173. The zero-order chi connectivity index (χ0) is 13.9. The maximum atomic E-state index is 10.7. The molecule has 104 valence electrons. The highest BCUT2D eigenvalue weighted by Crippen LogP contribution is 2.41. The van der Waals surface area contributed by atoms with Crippen molar-refractivity contribution in [1.82, 2.24) is 0 Å². The van der Waals surface area contributed by atoms with Crippen LogP contribution in [0.5, 0.6) is 0 Å². The Morgan fingerprint density at radius 1 is 1.39 bits per heavy atom. The molecule has 1 aliphatic heterocycles. The van der Waals surface area contributed by atoms with Gasteiger partial charge in [0.05, 0.1) is 12.7 Å². The minimum absolute atomic E-state index is 0.720. The first-order valence-electron chi connectivity index (χ1n) is 4.70. The molecular weight excluding hydrogens is 273 g/mol. The Morgan fingerprint density at radius 2 is 2.00 bits per heavy atom. The van der Waals surface area contributed by atoms with Crippen molar-refractivity contribution >= 4 is 7.82 Å². The molecule has 12 heteroatoms. The second kappa shape index (κ2) is 5.93. The Labute approximate surface area is 100 Å². The van der Waals surface area contributed by atoms with Gasteiger partial charge in [-0.15, -0.1) is 0 Å². The molecule has 1 fully saturated rings. The minimum Gasteiger partial charge on any atom is -0.394 e. The van der Waals surface area contributed by atoms with Crippen LogP contribution >= 0.6 is 7.82 Å². The summed E-state index contributed by atoms with van der Waals surface area (Å²) in [6, 6.07) is -1.56. The first kappa shape index (κ1) is 15.3. The number of ether oxygens (including phenoxy) is 1. The van der Waals surface area contributed by atoms with Crippen molar-refractivity contribution < 1.29 is 38.9 Å². The SMILES string of the molecule is [N-]=[N+]=N[C@H]1[C@@H](OP(=O)(O)O)O[C@H](CO)[C@@H](O)[C@@H]1O. The molecule has 5 N–H and O–H groups in total. The van der Waals surface area contributed by atoms with Crippen LogP contribution in [0.1, 0.15) is 0 Å². The third-order valence-electron chi connectivity index (χ3n) is 2.27. The maximum Gasteiger partial charge on any atom is 0.471 e. The van der Waals surface area contributed by atoms with Gasteiger partial charge in [0, 0.05) is 4.91 Å². The van der Waals surface area contributed by atoms with Crippen LogP contribution in [0, 0.1) is 0 Å². The number of hydrogen-bond acceptors (Lipinski definition) is 7. The van der Waals surface area contributed by atoms with Gasteiger partial charge in [-0.25, -0.2) is 4.57 Å². The fourth-order valence-corrected chi connectivity index (χ4v) is 1.92. The summed E-state index contributed by atoms with van der Waals surface area (Å²) < 4.78 is 19.7. The van der Waals surface area contributed by atoms with Gasteiger partial charge in [0.1, 0.15) is 18.2 Å². The molecule has 0 unspecified atom stereocenters. The van der Waals surface area contributed by atoms with E-state index >= 15 is 0 Å². The lowest BCUT2D eigenvalue weighted by molar-refractivity contribution is -0.242. The first-order valence-corrected chi connectivity index (χ1v) is 6.23. The van der Waals surface area contributed by atoms with Gasteiger partial charge in [0.2, 0.25) is 0 Å². The predicted molar refractivity (Wildman–Crippen MR) is 53.8 cm³/mol. The monoisotopic (exact) mass is 285 g/mol. The van der Waals surface area contributed by atoms with Crippen LogP contribution in [0.3, 0.4) is 0 Å². The summed E-state index contributed by atoms with van der Waals surface area (Å²) in [5, 5.41) is 31.0. The number of phosphoric ester groups is 1. The van der Waals surface area contributed by atoms with E-state index in [1.54, 1.807) is 0 Å². The molecule has 0 aromatic heterocycles. The second-order valence-electron chi connectivity index (χ2n) is 3.50. The molecular formula is C6H12N3O8P. The van der Waals surface area contributed by atoms with Crippen molar-refractivity contribution in [2.75, 3.05) is 6.61 Å². The fourth-order valence-electron chi connectivity index (χ4n) is 1.47. The summed E-state index contributed by atoms with van der Waals surface area (Å²) in [6.45, 7) is -0.720. The first-order chi connectivity index (χ1) is 8.30. The topological polar surface area (TPSA) is 185 Å². The number of rotatable bonds is 4. The Balaban J connectivity index is 2.95. The van der Waals surface area contributed by atoms with Crippen LogP contribution in [0.4, 0.5) is 0 Å². The number of aliphatic hydroxyl groups is 3. The summed E-state index contributed by atoms with van der Waals surface area (Å²) >= 11 is 0. The third-order valence-corrected chi connectivity index (χ3v) is 2.76. The van der Waals surface area contributed by atoms with Crippen LogP contribution in [0.2, 0.25) is 0 Å². The molecule has 18 heavy (non-hydrogen) atoms. The molecule has 1 aliphatic rings. The lowest BCUT2D eigenvalue weighted by Crippen LogP contribution is -2.58. The van der Waals surface area contributed by atoms with Crippen molar-refractivity contribution in [2.45, 2.75) is 30.6 Å². The number of nitrogens with zero attached hydrogens (tertiary/aromatic N) is 3. The van der Waals surface area contributed by atoms with Crippen molar-refractivity contribution in [3.05, 3.63) is 10.4 Å². The molecule has 11 nitrogen and oxygen atoms in total. The van der Waals surface area contributed by atoms with E-state index in [1.165, 1.54) is 0 Å². The molecule has 1 rings (SSSR count). The van der Waals surface area contributed by atoms with Gasteiger partial charge < -0.3 is 29.8 Å². The molecule has 0 aromatic carbocycles. The van der Waals surface area contributed by atoms with Gasteiger partial charge in [-0.1, -0.05) is 5.11 Å². The van der Waals surface area contributed by atoms with Crippen LogP contribution in [-0.4, -0.2) is 62.4 Å². The third kappa shape index (κ3) is 3.62. The van der Waals surface area contributed by atoms with E-state index in [9.17, 15) is 14.8 Å². The molecule has 0 spiro atoms. The summed E-state index contributed by atoms with van der Waals surface area (Å²) in [7, 11) is -4.96. The number of hydrogen-bond donors (Lipinski definition) is 5. The van der Waals surface area contributed by atoms with Gasteiger partial charge in [-0.2, -0.15) is 0 Å². The Hall–Kier alpha value is -0.740. The molecule has 0 saturated carbocycles. The molecule has 0 bridgehead atoms. The highest BCUT2D eigenvalue weighted by molar-refractivity contribution is 7.46. The summed E-state index contributed by atoms with van der Waals surface area (Å²) in [5.74, 6) is 0. The second-order valence-corrected chi connectivity index (χ2v) is 4.69. The molecule has 0 aliphatic carbocycles. The number of aliphatic hydroxyl groups excluding tert-OH is 3. The van der Waals surface area contributed by atoms with Crippen molar-refractivity contribution in [2.24, 2.45) is 5.11 Å². The van der Waals surface area contributed by atoms with Gasteiger partial charge in [0.25, 0.3) is 0 Å². The van der Waals surface area contributed by atoms with Crippen LogP contribution < -0.4 is 0 Å². The number of azide groups is 1. The Morgan fingerprint density at radius 3 is 2.44 bits per heavy atom. The molecule has 5 atom stereocenters. The average Bonchev–Trinajstić information content (AvgIpc) is 2.26. The van der Waals surface area contributed by atoms with Crippen molar-refractivity contribution in [3.63, 3.8) is 0 Å². The molecule has 0 aromatic rings. The van der Waals surface area contributed by atoms with Gasteiger partial charge in [-0.3, -0.25) is 4.52 Å². The maximum absolute atomic E-state index is 10.7. The van der Waals surface area contributed by atoms with E-state index in [2.05, 4.69) is 14.5 Å². The van der Waals surface area contributed by atoms with Crippen LogP contribution in [0.25, 0.3) is 10.4 Å². The summed E-state index contributed by atoms with van der Waals surface area (Å²) in [5.41, 5.74) is 8.27. The van der Waals surface area contributed by atoms with E-state index in [-0.39, 0.29) is 0 Å². The van der Waals surface area contributed by atoms with E-state index in [0.717, 1.165) is 0 Å². The zero-order valence-electron chi connectivity index (χ0n) is 8.84. The highest BCUT2D eigenvalue weighted by atomic mass is 31.2. The van der Waals surface area contributed by atoms with Gasteiger partial charge in [0.15, 0.2) is 6.29 Å².